The number of nitrogens with one attached hydrogen (secondary N) is 2. The van der Waals surface area contributed by atoms with Gasteiger partial charge in [-0.15, -0.1) is 0 Å². The third-order valence-corrected chi connectivity index (χ3v) is 3.61. The Morgan fingerprint density at radius 3 is 2.60 bits per heavy atom. The van der Waals surface area contributed by atoms with Crippen molar-refractivity contribution in [1.29, 1.82) is 0 Å². The fraction of sp³-hybridized carbons (Fsp3) is 0.111. The van der Waals surface area contributed by atoms with Gasteiger partial charge < -0.3 is 9.47 Å². The lowest BCUT2D eigenvalue weighted by Crippen LogP contribution is -2.40. The first kappa shape index (κ1) is 16.9. The maximum absolute atomic E-state index is 12.1. The average molecular weight is 359 g/mol. The molecule has 0 radical (unpaired) electrons. The number of benzene rings is 2. The zero-order valence-electron chi connectivity index (χ0n) is 13.1. The van der Waals surface area contributed by atoms with E-state index in [4.69, 9.17) is 21.1 Å². The number of ether oxygens (including phenoxy) is 2. The van der Waals surface area contributed by atoms with E-state index in [1.807, 2.05) is 6.07 Å². The summed E-state index contributed by atoms with van der Waals surface area (Å²) in [6.07, 6.45) is 2.90. The molecule has 0 bridgehead atoms. The van der Waals surface area contributed by atoms with Crippen molar-refractivity contribution in [3.05, 3.63) is 64.7 Å². The topological polar surface area (TPSA) is 76.7 Å². The highest BCUT2D eigenvalue weighted by molar-refractivity contribution is 6.30. The highest BCUT2D eigenvalue weighted by Gasteiger charge is 2.15. The van der Waals surface area contributed by atoms with Gasteiger partial charge in [0.15, 0.2) is 11.5 Å². The minimum absolute atomic E-state index is 0.350. The minimum atomic E-state index is -0.467. The molecule has 2 amide bonds. The van der Waals surface area contributed by atoms with Crippen molar-refractivity contribution >= 4 is 29.5 Å². The predicted molar refractivity (Wildman–Crippen MR) is 93.5 cm³/mol. The van der Waals surface area contributed by atoms with E-state index in [-0.39, 0.29) is 0 Å². The van der Waals surface area contributed by atoms with E-state index >= 15 is 0 Å². The molecule has 128 valence electrons. The van der Waals surface area contributed by atoms with Gasteiger partial charge in [-0.25, -0.2) is 0 Å². The summed E-state index contributed by atoms with van der Waals surface area (Å²) in [5, 5.41) is 0.578. The molecular weight excluding hydrogens is 344 g/mol. The van der Waals surface area contributed by atoms with Crippen LogP contribution in [-0.2, 0) is 4.79 Å². The molecule has 7 heteroatoms. The lowest BCUT2D eigenvalue weighted by molar-refractivity contribution is -0.117. The fourth-order valence-electron chi connectivity index (χ4n) is 2.20. The van der Waals surface area contributed by atoms with Crippen LogP contribution in [-0.4, -0.2) is 25.0 Å². The van der Waals surface area contributed by atoms with E-state index in [9.17, 15) is 9.59 Å². The summed E-state index contributed by atoms with van der Waals surface area (Å²) < 4.78 is 10.8. The van der Waals surface area contributed by atoms with Crippen LogP contribution in [0.2, 0.25) is 5.02 Å². The number of fused-ring (bicyclic) bond motifs is 1. The number of rotatable bonds is 3. The Balaban J connectivity index is 1.56. The van der Waals surface area contributed by atoms with Crippen LogP contribution in [0.25, 0.3) is 6.08 Å². The molecule has 2 aromatic rings. The number of carbonyl (C=O) groups excluding carboxylic acids is 2. The van der Waals surface area contributed by atoms with Crippen LogP contribution in [0, 0.1) is 0 Å². The second-order valence-electron chi connectivity index (χ2n) is 5.19. The zero-order chi connectivity index (χ0) is 17.6. The van der Waals surface area contributed by atoms with E-state index in [2.05, 4.69) is 10.9 Å². The van der Waals surface area contributed by atoms with Gasteiger partial charge >= 0.3 is 0 Å². The van der Waals surface area contributed by atoms with Gasteiger partial charge in [-0.1, -0.05) is 23.7 Å². The highest BCUT2D eigenvalue weighted by atomic mass is 35.5. The average Bonchev–Trinajstić information content (AvgIpc) is 2.64. The lowest BCUT2D eigenvalue weighted by Gasteiger charge is -2.18. The lowest BCUT2D eigenvalue weighted by atomic mass is 10.2. The fourth-order valence-corrected chi connectivity index (χ4v) is 2.40. The summed E-state index contributed by atoms with van der Waals surface area (Å²) in [5.41, 5.74) is 5.79. The Morgan fingerprint density at radius 1 is 1.00 bits per heavy atom. The van der Waals surface area contributed by atoms with Crippen LogP contribution in [0.3, 0.4) is 0 Å². The molecule has 0 fully saturated rings. The van der Waals surface area contributed by atoms with E-state index in [1.165, 1.54) is 6.08 Å². The molecule has 1 aliphatic rings. The number of halogens is 1. The Morgan fingerprint density at radius 2 is 1.80 bits per heavy atom. The molecule has 25 heavy (non-hydrogen) atoms. The van der Waals surface area contributed by atoms with E-state index in [0.717, 1.165) is 5.56 Å². The summed E-state index contributed by atoms with van der Waals surface area (Å²) >= 11 is 5.87. The van der Waals surface area contributed by atoms with Gasteiger partial charge in [-0.05, 0) is 42.0 Å². The van der Waals surface area contributed by atoms with Crippen LogP contribution < -0.4 is 20.3 Å². The van der Waals surface area contributed by atoms with Crippen molar-refractivity contribution in [1.82, 2.24) is 10.9 Å². The second-order valence-corrected chi connectivity index (χ2v) is 5.63. The van der Waals surface area contributed by atoms with Crippen LogP contribution in [0.5, 0.6) is 11.5 Å². The Labute approximate surface area is 149 Å². The number of hydrogen-bond acceptors (Lipinski definition) is 4. The first-order chi connectivity index (χ1) is 12.1. The van der Waals surface area contributed by atoms with Crippen molar-refractivity contribution < 1.29 is 19.1 Å². The summed E-state index contributed by atoms with van der Waals surface area (Å²) in [5.74, 6) is 0.176. The highest BCUT2D eigenvalue weighted by Crippen LogP contribution is 2.30. The third-order valence-electron chi connectivity index (χ3n) is 3.38. The second kappa shape index (κ2) is 7.72. The van der Waals surface area contributed by atoms with Gasteiger partial charge in [-0.2, -0.15) is 0 Å². The Bertz CT molecular complexity index is 836. The first-order valence-corrected chi connectivity index (χ1v) is 7.93. The van der Waals surface area contributed by atoms with Gasteiger partial charge in [0.1, 0.15) is 13.2 Å². The van der Waals surface area contributed by atoms with Crippen molar-refractivity contribution in [2.45, 2.75) is 0 Å². The van der Waals surface area contributed by atoms with Crippen molar-refractivity contribution in [2.24, 2.45) is 0 Å². The molecule has 0 saturated heterocycles. The number of carbonyl (C=O) groups is 2. The number of hydrogen-bond donors (Lipinski definition) is 2. The smallest absolute Gasteiger partial charge is 0.269 e. The summed E-state index contributed by atoms with van der Waals surface area (Å²) in [4.78, 5) is 23.9. The SMILES string of the molecule is O=C(/C=C/c1cccc(Cl)c1)NNC(=O)c1ccc2c(c1)OCCO2. The Hall–Kier alpha value is -2.99. The van der Waals surface area contributed by atoms with Crippen molar-refractivity contribution in [3.63, 3.8) is 0 Å². The minimum Gasteiger partial charge on any atom is -0.486 e. The molecule has 0 saturated carbocycles. The molecule has 0 spiro atoms. The summed E-state index contributed by atoms with van der Waals surface area (Å²) in [6.45, 7) is 0.913. The Kier molecular flexibility index (Phi) is 5.20. The normalized spacial score (nSPS) is 12.7. The number of hydrazine groups is 1. The standard InChI is InChI=1S/C18H15ClN2O4/c19-14-3-1-2-12(10-14)4-7-17(22)20-21-18(23)13-5-6-15-16(11-13)25-9-8-24-15/h1-7,10-11H,8-9H2,(H,20,22)(H,21,23)/b7-4+. The van der Waals surface area contributed by atoms with Crippen LogP contribution in [0.15, 0.2) is 48.5 Å². The van der Waals surface area contributed by atoms with Crippen LogP contribution >= 0.6 is 11.6 Å². The first-order valence-electron chi connectivity index (χ1n) is 7.55. The van der Waals surface area contributed by atoms with Crippen molar-refractivity contribution in [2.75, 3.05) is 13.2 Å². The maximum Gasteiger partial charge on any atom is 0.269 e. The molecule has 0 aromatic heterocycles. The molecule has 1 aliphatic heterocycles. The van der Waals surface area contributed by atoms with E-state index in [1.54, 1.807) is 42.5 Å². The quantitative estimate of drug-likeness (QED) is 0.653. The third kappa shape index (κ3) is 4.51. The van der Waals surface area contributed by atoms with Gasteiger partial charge in [0.05, 0.1) is 0 Å². The van der Waals surface area contributed by atoms with Gasteiger partial charge in [0.2, 0.25) is 0 Å². The predicted octanol–water partition coefficient (Wildman–Crippen LogP) is 2.59. The van der Waals surface area contributed by atoms with Crippen molar-refractivity contribution in [3.8, 4) is 11.5 Å². The molecule has 1 heterocycles. The van der Waals surface area contributed by atoms with Gasteiger partial charge in [0.25, 0.3) is 11.8 Å². The largest absolute Gasteiger partial charge is 0.486 e. The molecular formula is C18H15ClN2O4. The molecule has 0 aliphatic carbocycles. The van der Waals surface area contributed by atoms with E-state index < -0.39 is 11.8 Å². The van der Waals surface area contributed by atoms with Crippen LogP contribution in [0.4, 0.5) is 0 Å². The molecule has 0 unspecified atom stereocenters. The molecule has 3 rings (SSSR count). The van der Waals surface area contributed by atoms with Gasteiger partial charge in [0, 0.05) is 16.7 Å². The number of amides is 2. The molecule has 0 atom stereocenters. The van der Waals surface area contributed by atoms with Crippen LogP contribution in [0.1, 0.15) is 15.9 Å². The summed E-state index contributed by atoms with van der Waals surface area (Å²) in [6, 6.07) is 11.9. The maximum atomic E-state index is 12.1. The van der Waals surface area contributed by atoms with Gasteiger partial charge in [-0.3, -0.25) is 20.4 Å². The molecule has 2 N–H and O–H groups in total. The molecule has 6 nitrogen and oxygen atoms in total. The molecule has 2 aromatic carbocycles. The monoisotopic (exact) mass is 358 g/mol. The zero-order valence-corrected chi connectivity index (χ0v) is 13.9. The summed E-state index contributed by atoms with van der Waals surface area (Å²) in [7, 11) is 0. The van der Waals surface area contributed by atoms with E-state index in [0.29, 0.717) is 35.3 Å².